The number of rotatable bonds is 13. The van der Waals surface area contributed by atoms with Gasteiger partial charge >= 0.3 is 6.18 Å². The van der Waals surface area contributed by atoms with Crippen LogP contribution in [0.25, 0.3) is 0 Å². The van der Waals surface area contributed by atoms with E-state index in [4.69, 9.17) is 14.9 Å². The highest BCUT2D eigenvalue weighted by molar-refractivity contribution is 4.86. The van der Waals surface area contributed by atoms with Crippen molar-refractivity contribution in [2.75, 3.05) is 33.0 Å². The Kier molecular flexibility index (Phi) is 10.3. The van der Waals surface area contributed by atoms with E-state index in [2.05, 4.69) is 0 Å². The average molecular weight is 344 g/mol. The zero-order valence-electron chi connectivity index (χ0n) is 14.2. The molecule has 0 spiro atoms. The second-order valence-electron chi connectivity index (χ2n) is 6.41. The smallest absolute Gasteiger partial charge is 0.396 e. The third kappa shape index (κ3) is 6.57. The van der Waals surface area contributed by atoms with Gasteiger partial charge in [-0.25, -0.2) is 0 Å². The van der Waals surface area contributed by atoms with E-state index in [9.17, 15) is 18.3 Å². The van der Waals surface area contributed by atoms with Crippen molar-refractivity contribution in [1.29, 1.82) is 0 Å². The number of halogens is 3. The third-order valence-electron chi connectivity index (χ3n) is 4.52. The van der Waals surface area contributed by atoms with Crippen LogP contribution < -0.4 is 0 Å². The van der Waals surface area contributed by atoms with E-state index in [-0.39, 0.29) is 19.8 Å². The van der Waals surface area contributed by atoms with E-state index in [1.54, 1.807) is 0 Å². The van der Waals surface area contributed by atoms with Crippen LogP contribution in [0, 0.1) is 10.8 Å². The molecule has 1 unspecified atom stereocenters. The molecule has 23 heavy (non-hydrogen) atoms. The van der Waals surface area contributed by atoms with Gasteiger partial charge in [-0.05, 0) is 19.3 Å². The quantitative estimate of drug-likeness (QED) is 0.449. The highest BCUT2D eigenvalue weighted by Crippen LogP contribution is 2.40. The second-order valence-corrected chi connectivity index (χ2v) is 6.41. The maximum atomic E-state index is 13.0. The molecule has 0 aromatic carbocycles. The monoisotopic (exact) mass is 344 g/mol. The zero-order valence-corrected chi connectivity index (χ0v) is 14.2. The summed E-state index contributed by atoms with van der Waals surface area (Å²) in [4.78, 5) is 0. The van der Waals surface area contributed by atoms with Gasteiger partial charge in [-0.15, -0.1) is 0 Å². The van der Waals surface area contributed by atoms with Crippen molar-refractivity contribution in [3.05, 3.63) is 0 Å². The van der Waals surface area contributed by atoms with Gasteiger partial charge in [0.2, 0.25) is 0 Å². The molecule has 0 rings (SSSR count). The second kappa shape index (κ2) is 10.5. The topological polar surface area (TPSA) is 69.9 Å². The molecule has 0 saturated carbocycles. The molecule has 4 nitrogen and oxygen atoms in total. The first kappa shape index (κ1) is 22.6. The van der Waals surface area contributed by atoms with Crippen LogP contribution in [0.2, 0.25) is 0 Å². The number of aliphatic hydroxyl groups is 3. The van der Waals surface area contributed by atoms with Crippen LogP contribution in [0.1, 0.15) is 52.4 Å². The summed E-state index contributed by atoms with van der Waals surface area (Å²) in [5.74, 6) is 0. The molecule has 3 N–H and O–H groups in total. The lowest BCUT2D eigenvalue weighted by molar-refractivity contribution is -0.252. The minimum absolute atomic E-state index is 0.0642. The number of hydrogen-bond acceptors (Lipinski definition) is 4. The molecule has 0 aliphatic heterocycles. The van der Waals surface area contributed by atoms with Gasteiger partial charge in [0.05, 0.1) is 26.4 Å². The first-order valence-corrected chi connectivity index (χ1v) is 8.23. The van der Waals surface area contributed by atoms with Crippen LogP contribution in [0.5, 0.6) is 0 Å². The summed E-state index contributed by atoms with van der Waals surface area (Å²) in [6, 6.07) is 0. The van der Waals surface area contributed by atoms with E-state index < -0.39 is 36.6 Å². The zero-order chi connectivity index (χ0) is 18.0. The summed E-state index contributed by atoms with van der Waals surface area (Å²) in [6.45, 7) is 1.57. The van der Waals surface area contributed by atoms with Gasteiger partial charge in [0, 0.05) is 12.0 Å². The predicted octanol–water partition coefficient (Wildman–Crippen LogP) is 2.90. The molecule has 0 radical (unpaired) electrons. The third-order valence-corrected chi connectivity index (χ3v) is 4.52. The normalized spacial score (nSPS) is 15.7. The fourth-order valence-electron chi connectivity index (χ4n) is 2.64. The Morgan fingerprint density at radius 1 is 0.826 bits per heavy atom. The Morgan fingerprint density at radius 3 is 1.83 bits per heavy atom. The van der Waals surface area contributed by atoms with Gasteiger partial charge in [0.1, 0.15) is 5.41 Å². The van der Waals surface area contributed by atoms with Crippen LogP contribution in [-0.2, 0) is 4.74 Å². The largest absolute Gasteiger partial charge is 0.398 e. The lowest BCUT2D eigenvalue weighted by Crippen LogP contribution is -2.45. The van der Waals surface area contributed by atoms with Gasteiger partial charge in [0.15, 0.2) is 0 Å². The van der Waals surface area contributed by atoms with Gasteiger partial charge in [0.25, 0.3) is 0 Å². The molecule has 0 bridgehead atoms. The molecule has 0 saturated heterocycles. The van der Waals surface area contributed by atoms with Crippen LogP contribution >= 0.6 is 0 Å². The maximum absolute atomic E-state index is 13.0. The van der Waals surface area contributed by atoms with Gasteiger partial charge in [-0.1, -0.05) is 33.1 Å². The molecule has 0 aliphatic rings. The summed E-state index contributed by atoms with van der Waals surface area (Å²) in [5, 5.41) is 27.8. The number of hydrogen-bond donors (Lipinski definition) is 3. The molecular formula is C16H31F3O4. The number of alkyl halides is 3. The Hall–Kier alpha value is -0.370. The molecular weight excluding hydrogens is 313 g/mol. The minimum atomic E-state index is -4.69. The van der Waals surface area contributed by atoms with Crippen molar-refractivity contribution in [3.63, 3.8) is 0 Å². The lowest BCUT2D eigenvalue weighted by Gasteiger charge is -2.34. The predicted molar refractivity (Wildman–Crippen MR) is 82.0 cm³/mol. The lowest BCUT2D eigenvalue weighted by atomic mass is 9.80. The van der Waals surface area contributed by atoms with Gasteiger partial charge < -0.3 is 20.1 Å². The SMILES string of the molecule is CCCCC(CO)(CCC)COCCC(CO)(CO)C(F)(F)F. The molecule has 0 heterocycles. The Morgan fingerprint density at radius 2 is 1.43 bits per heavy atom. The highest BCUT2D eigenvalue weighted by Gasteiger charge is 2.53. The van der Waals surface area contributed by atoms with Gasteiger partial charge in [-0.2, -0.15) is 13.2 Å². The molecule has 0 fully saturated rings. The summed E-state index contributed by atoms with van der Waals surface area (Å²) in [5.41, 5.74) is -2.97. The summed E-state index contributed by atoms with van der Waals surface area (Å²) < 4.78 is 44.3. The molecule has 140 valence electrons. The van der Waals surface area contributed by atoms with Crippen LogP contribution in [-0.4, -0.2) is 54.5 Å². The van der Waals surface area contributed by atoms with Crippen molar-refractivity contribution >= 4 is 0 Å². The molecule has 7 heteroatoms. The fraction of sp³-hybridized carbons (Fsp3) is 1.00. The molecule has 0 aromatic rings. The van der Waals surface area contributed by atoms with E-state index in [1.165, 1.54) is 0 Å². The Bertz CT molecular complexity index is 306. The van der Waals surface area contributed by atoms with Crippen LogP contribution in [0.4, 0.5) is 13.2 Å². The maximum Gasteiger partial charge on any atom is 0.398 e. The van der Waals surface area contributed by atoms with Crippen LogP contribution in [0.15, 0.2) is 0 Å². The van der Waals surface area contributed by atoms with Crippen molar-refractivity contribution in [2.24, 2.45) is 10.8 Å². The molecule has 0 amide bonds. The van der Waals surface area contributed by atoms with Crippen molar-refractivity contribution < 1.29 is 33.2 Å². The Balaban J connectivity index is 4.64. The fourth-order valence-corrected chi connectivity index (χ4v) is 2.64. The number of aliphatic hydroxyl groups excluding tert-OH is 3. The van der Waals surface area contributed by atoms with Crippen molar-refractivity contribution in [3.8, 4) is 0 Å². The first-order valence-electron chi connectivity index (χ1n) is 8.23. The van der Waals surface area contributed by atoms with Crippen LogP contribution in [0.3, 0.4) is 0 Å². The molecule has 1 atom stereocenters. The molecule has 0 aliphatic carbocycles. The summed E-state index contributed by atoms with van der Waals surface area (Å²) in [7, 11) is 0. The summed E-state index contributed by atoms with van der Waals surface area (Å²) in [6.07, 6.45) is -0.953. The minimum Gasteiger partial charge on any atom is -0.396 e. The summed E-state index contributed by atoms with van der Waals surface area (Å²) >= 11 is 0. The van der Waals surface area contributed by atoms with Crippen molar-refractivity contribution in [1.82, 2.24) is 0 Å². The highest BCUT2D eigenvalue weighted by atomic mass is 19.4. The number of ether oxygens (including phenoxy) is 1. The van der Waals surface area contributed by atoms with E-state index in [0.717, 1.165) is 32.1 Å². The Labute approximate surface area is 136 Å². The standard InChI is InChI=1S/C16H31F3O4/c1-3-5-7-14(10-20,6-4-2)13-23-9-8-15(11-21,12-22)16(17,18)19/h20-22H,3-13H2,1-2H3. The number of unbranched alkanes of at least 4 members (excludes halogenated alkanes) is 1. The van der Waals surface area contributed by atoms with Crippen molar-refractivity contribution in [2.45, 2.75) is 58.5 Å². The van der Waals surface area contributed by atoms with E-state index in [0.29, 0.717) is 0 Å². The average Bonchev–Trinajstić information content (AvgIpc) is 2.51. The van der Waals surface area contributed by atoms with E-state index >= 15 is 0 Å². The molecule has 0 aromatic heterocycles. The van der Waals surface area contributed by atoms with Gasteiger partial charge in [-0.3, -0.25) is 0 Å². The first-order chi connectivity index (χ1) is 10.8. The van der Waals surface area contributed by atoms with E-state index in [1.807, 2.05) is 13.8 Å².